The Morgan fingerprint density at radius 2 is 2.00 bits per heavy atom. The van der Waals surface area contributed by atoms with E-state index in [1.54, 1.807) is 6.07 Å². The van der Waals surface area contributed by atoms with Gasteiger partial charge in [-0.15, -0.1) is 0 Å². The van der Waals surface area contributed by atoms with Crippen molar-refractivity contribution >= 4 is 17.3 Å². The summed E-state index contributed by atoms with van der Waals surface area (Å²) in [5.74, 6) is -0.0746. The molecule has 0 spiro atoms. The van der Waals surface area contributed by atoms with Crippen LogP contribution in [0.3, 0.4) is 0 Å². The highest BCUT2D eigenvalue weighted by Crippen LogP contribution is 2.22. The number of nitrogens with one attached hydrogen (secondary N) is 1. The molecule has 0 aliphatic rings. The van der Waals surface area contributed by atoms with E-state index in [1.165, 1.54) is 0 Å². The summed E-state index contributed by atoms with van der Waals surface area (Å²) in [5.41, 5.74) is 7.68. The van der Waals surface area contributed by atoms with Gasteiger partial charge in [0, 0.05) is 31.0 Å². The van der Waals surface area contributed by atoms with Crippen molar-refractivity contribution in [3.05, 3.63) is 23.8 Å². The summed E-state index contributed by atoms with van der Waals surface area (Å²) in [6.07, 6.45) is 1.98. The SMILES string of the molecule is CCCC(C)(C)NC(=O)c1cc(N)ccc1N(C)C. The highest BCUT2D eigenvalue weighted by Gasteiger charge is 2.22. The number of hydrogen-bond acceptors (Lipinski definition) is 3. The molecular formula is C15H25N3O. The maximum Gasteiger partial charge on any atom is 0.253 e. The van der Waals surface area contributed by atoms with Gasteiger partial charge in [-0.25, -0.2) is 0 Å². The largest absolute Gasteiger partial charge is 0.399 e. The first kappa shape index (κ1) is 15.3. The van der Waals surface area contributed by atoms with Gasteiger partial charge in [0.05, 0.1) is 5.56 Å². The quantitative estimate of drug-likeness (QED) is 0.803. The predicted molar refractivity (Wildman–Crippen MR) is 81.6 cm³/mol. The molecular weight excluding hydrogens is 238 g/mol. The monoisotopic (exact) mass is 263 g/mol. The van der Waals surface area contributed by atoms with Gasteiger partial charge in [-0.1, -0.05) is 13.3 Å². The number of nitrogen functional groups attached to an aromatic ring is 1. The number of rotatable bonds is 5. The number of benzene rings is 1. The van der Waals surface area contributed by atoms with Crippen molar-refractivity contribution in [1.29, 1.82) is 0 Å². The first-order chi connectivity index (χ1) is 8.76. The third-order valence-electron chi connectivity index (χ3n) is 3.07. The lowest BCUT2D eigenvalue weighted by Crippen LogP contribution is -2.43. The maximum atomic E-state index is 12.4. The Morgan fingerprint density at radius 3 is 2.53 bits per heavy atom. The van der Waals surface area contributed by atoms with Crippen LogP contribution in [0.1, 0.15) is 44.0 Å². The van der Waals surface area contributed by atoms with Gasteiger partial charge in [-0.3, -0.25) is 4.79 Å². The highest BCUT2D eigenvalue weighted by atomic mass is 16.1. The Labute approximate surface area is 116 Å². The zero-order chi connectivity index (χ0) is 14.6. The molecule has 1 aromatic carbocycles. The molecule has 4 nitrogen and oxygen atoms in total. The van der Waals surface area contributed by atoms with E-state index in [1.807, 2.05) is 45.0 Å². The molecule has 0 radical (unpaired) electrons. The van der Waals surface area contributed by atoms with Gasteiger partial charge in [-0.2, -0.15) is 0 Å². The number of nitrogens with two attached hydrogens (primary N) is 1. The van der Waals surface area contributed by atoms with Gasteiger partial charge < -0.3 is 16.0 Å². The molecule has 0 fully saturated rings. The fraction of sp³-hybridized carbons (Fsp3) is 0.533. The molecule has 0 unspecified atom stereocenters. The average molecular weight is 263 g/mol. The summed E-state index contributed by atoms with van der Waals surface area (Å²) < 4.78 is 0. The number of amides is 1. The van der Waals surface area contributed by atoms with Crippen LogP contribution < -0.4 is 16.0 Å². The molecule has 1 aromatic rings. The van der Waals surface area contributed by atoms with Gasteiger partial charge >= 0.3 is 0 Å². The first-order valence-corrected chi connectivity index (χ1v) is 6.66. The van der Waals surface area contributed by atoms with E-state index in [-0.39, 0.29) is 11.4 Å². The second-order valence-corrected chi connectivity index (χ2v) is 5.76. The molecule has 0 aromatic heterocycles. The van der Waals surface area contributed by atoms with Crippen LogP contribution in [0.5, 0.6) is 0 Å². The van der Waals surface area contributed by atoms with Crippen LogP contribution in [0, 0.1) is 0 Å². The molecule has 19 heavy (non-hydrogen) atoms. The van der Waals surface area contributed by atoms with Crippen molar-refractivity contribution in [3.8, 4) is 0 Å². The van der Waals surface area contributed by atoms with Gasteiger partial charge in [0.1, 0.15) is 0 Å². The lowest BCUT2D eigenvalue weighted by Gasteiger charge is -2.27. The number of carbonyl (C=O) groups excluding carboxylic acids is 1. The highest BCUT2D eigenvalue weighted by molar-refractivity contribution is 6.01. The van der Waals surface area contributed by atoms with E-state index in [9.17, 15) is 4.79 Å². The zero-order valence-electron chi connectivity index (χ0n) is 12.6. The van der Waals surface area contributed by atoms with E-state index in [2.05, 4.69) is 12.2 Å². The summed E-state index contributed by atoms with van der Waals surface area (Å²) in [7, 11) is 3.83. The minimum Gasteiger partial charge on any atom is -0.399 e. The van der Waals surface area contributed by atoms with Gasteiger partial charge in [0.15, 0.2) is 0 Å². The van der Waals surface area contributed by atoms with Crippen LogP contribution in [-0.4, -0.2) is 25.5 Å². The molecule has 0 saturated carbocycles. The van der Waals surface area contributed by atoms with Crippen molar-refractivity contribution < 1.29 is 4.79 Å². The Hall–Kier alpha value is -1.71. The molecule has 1 rings (SSSR count). The van der Waals surface area contributed by atoms with Crippen LogP contribution >= 0.6 is 0 Å². The molecule has 1 amide bonds. The number of nitrogens with zero attached hydrogens (tertiary/aromatic N) is 1. The van der Waals surface area contributed by atoms with Crippen molar-refractivity contribution in [1.82, 2.24) is 5.32 Å². The normalized spacial score (nSPS) is 11.2. The molecule has 0 saturated heterocycles. The fourth-order valence-corrected chi connectivity index (χ4v) is 2.19. The van der Waals surface area contributed by atoms with Crippen molar-refractivity contribution in [2.75, 3.05) is 24.7 Å². The van der Waals surface area contributed by atoms with Gasteiger partial charge in [0.2, 0.25) is 0 Å². The Balaban J connectivity index is 3.02. The minimum atomic E-state index is -0.208. The van der Waals surface area contributed by atoms with Crippen molar-refractivity contribution in [2.24, 2.45) is 0 Å². The van der Waals surface area contributed by atoms with Crippen LogP contribution in [0.4, 0.5) is 11.4 Å². The average Bonchev–Trinajstić information content (AvgIpc) is 2.27. The molecule has 0 aliphatic heterocycles. The molecule has 0 bridgehead atoms. The fourth-order valence-electron chi connectivity index (χ4n) is 2.19. The van der Waals surface area contributed by atoms with Crippen LogP contribution in [-0.2, 0) is 0 Å². The van der Waals surface area contributed by atoms with E-state index in [4.69, 9.17) is 5.73 Å². The van der Waals surface area contributed by atoms with E-state index in [0.717, 1.165) is 18.5 Å². The number of carbonyl (C=O) groups is 1. The third-order valence-corrected chi connectivity index (χ3v) is 3.07. The zero-order valence-corrected chi connectivity index (χ0v) is 12.6. The Bertz CT molecular complexity index is 453. The maximum absolute atomic E-state index is 12.4. The number of hydrogen-bond donors (Lipinski definition) is 2. The van der Waals surface area contributed by atoms with Crippen LogP contribution in [0.25, 0.3) is 0 Å². The molecule has 0 heterocycles. The smallest absolute Gasteiger partial charge is 0.253 e. The summed E-state index contributed by atoms with van der Waals surface area (Å²) in [6.45, 7) is 6.19. The van der Waals surface area contributed by atoms with Crippen LogP contribution in [0.15, 0.2) is 18.2 Å². The summed E-state index contributed by atoms with van der Waals surface area (Å²) >= 11 is 0. The van der Waals surface area contributed by atoms with E-state index < -0.39 is 0 Å². The second-order valence-electron chi connectivity index (χ2n) is 5.76. The van der Waals surface area contributed by atoms with Crippen molar-refractivity contribution in [3.63, 3.8) is 0 Å². The standard InChI is InChI=1S/C15H25N3O/c1-6-9-15(2,3)17-14(19)12-10-11(16)7-8-13(12)18(4)5/h7-8,10H,6,9,16H2,1-5H3,(H,17,19). The molecule has 0 atom stereocenters. The first-order valence-electron chi connectivity index (χ1n) is 6.66. The van der Waals surface area contributed by atoms with Crippen molar-refractivity contribution in [2.45, 2.75) is 39.2 Å². The topological polar surface area (TPSA) is 58.4 Å². The lowest BCUT2D eigenvalue weighted by atomic mass is 9.98. The minimum absolute atomic E-state index is 0.0746. The Kier molecular flexibility index (Phi) is 4.81. The lowest BCUT2D eigenvalue weighted by molar-refractivity contribution is 0.0909. The second kappa shape index (κ2) is 5.95. The molecule has 106 valence electrons. The van der Waals surface area contributed by atoms with Gasteiger partial charge in [-0.05, 0) is 38.5 Å². The van der Waals surface area contributed by atoms with E-state index >= 15 is 0 Å². The van der Waals surface area contributed by atoms with E-state index in [0.29, 0.717) is 11.3 Å². The predicted octanol–water partition coefficient (Wildman–Crippen LogP) is 2.64. The molecule has 3 N–H and O–H groups in total. The molecule has 0 aliphatic carbocycles. The third kappa shape index (κ3) is 4.16. The van der Waals surface area contributed by atoms with Gasteiger partial charge in [0.25, 0.3) is 5.91 Å². The Morgan fingerprint density at radius 1 is 1.37 bits per heavy atom. The summed E-state index contributed by atoms with van der Waals surface area (Å²) in [6, 6.07) is 5.41. The summed E-state index contributed by atoms with van der Waals surface area (Å²) in [5, 5.41) is 3.07. The summed E-state index contributed by atoms with van der Waals surface area (Å²) in [4.78, 5) is 14.3. The number of anilines is 2. The van der Waals surface area contributed by atoms with Crippen LogP contribution in [0.2, 0.25) is 0 Å². The molecule has 4 heteroatoms.